The quantitative estimate of drug-likeness (QED) is 0.605. The van der Waals surface area contributed by atoms with E-state index in [0.717, 1.165) is 5.57 Å². The zero-order valence-electron chi connectivity index (χ0n) is 15.5. The van der Waals surface area contributed by atoms with Crippen molar-refractivity contribution in [3.05, 3.63) is 85.0 Å². The second-order valence-corrected chi connectivity index (χ2v) is 11.3. The molecule has 0 atom stereocenters. The fraction of sp³-hybridized carbons (Fsp3) is 0.238. The van der Waals surface area contributed by atoms with Gasteiger partial charge in [-0.3, -0.25) is 0 Å². The maximum absolute atomic E-state index is 13.6. The van der Waals surface area contributed by atoms with Gasteiger partial charge in [-0.1, -0.05) is 54.1 Å². The predicted molar refractivity (Wildman–Crippen MR) is 109 cm³/mol. The van der Waals surface area contributed by atoms with Crippen molar-refractivity contribution in [2.75, 3.05) is 0 Å². The van der Waals surface area contributed by atoms with Gasteiger partial charge < -0.3 is 0 Å². The second-order valence-electron chi connectivity index (χ2n) is 6.52. The molecule has 0 amide bonds. The van der Waals surface area contributed by atoms with Gasteiger partial charge in [0.1, 0.15) is 0 Å². The van der Waals surface area contributed by atoms with Crippen LogP contribution >= 0.6 is 0 Å². The molecule has 0 N–H and O–H groups in total. The smallest absolute Gasteiger partial charge is 0.199 e. The van der Waals surface area contributed by atoms with Gasteiger partial charge in [-0.15, -0.1) is 6.58 Å². The molecule has 0 aliphatic heterocycles. The van der Waals surface area contributed by atoms with E-state index in [4.69, 9.17) is 0 Å². The van der Waals surface area contributed by atoms with E-state index in [1.165, 1.54) is 30.3 Å². The number of allylic oxidation sites excluding steroid dienone is 3. The molecule has 0 unspecified atom stereocenters. The van der Waals surface area contributed by atoms with Crippen molar-refractivity contribution >= 4 is 19.7 Å². The second kappa shape index (κ2) is 8.23. The number of hydrogen-bond donors (Lipinski definition) is 0. The van der Waals surface area contributed by atoms with Crippen LogP contribution in [0.2, 0.25) is 0 Å². The topological polar surface area (TPSA) is 68.3 Å². The van der Waals surface area contributed by atoms with Gasteiger partial charge in [0, 0.05) is 6.42 Å². The van der Waals surface area contributed by atoms with Crippen molar-refractivity contribution < 1.29 is 16.8 Å². The molecular weight excluding hydrogens is 380 g/mol. The zero-order chi connectivity index (χ0) is 20.1. The van der Waals surface area contributed by atoms with Crippen molar-refractivity contribution in [3.63, 3.8) is 0 Å². The minimum absolute atomic E-state index is 0.0199. The Kier molecular flexibility index (Phi) is 6.44. The minimum atomic E-state index is -4.23. The van der Waals surface area contributed by atoms with Crippen LogP contribution in [0.4, 0.5) is 0 Å². The zero-order valence-corrected chi connectivity index (χ0v) is 17.1. The normalized spacial score (nSPS) is 12.4. The van der Waals surface area contributed by atoms with Gasteiger partial charge in [0.05, 0.1) is 9.79 Å². The van der Waals surface area contributed by atoms with E-state index in [1.807, 2.05) is 13.8 Å². The molecule has 144 valence electrons. The Morgan fingerprint density at radius 1 is 0.815 bits per heavy atom. The molecular formula is C21H24O4S2. The Labute approximate surface area is 162 Å². The standard InChI is InChI=1S/C21H24O4S2/c1-4-16-21(17-15-18(2)3,26(22,23)19-11-7-5-8-12-19)27(24,25)20-13-9-6-10-14-20/h4-15H,1,16-17H2,2-3H3. The highest BCUT2D eigenvalue weighted by Crippen LogP contribution is 2.42. The van der Waals surface area contributed by atoms with Crippen molar-refractivity contribution in [2.45, 2.75) is 40.6 Å². The van der Waals surface area contributed by atoms with Crippen LogP contribution in [0.3, 0.4) is 0 Å². The highest BCUT2D eigenvalue weighted by Gasteiger charge is 2.54. The summed E-state index contributed by atoms with van der Waals surface area (Å²) in [5, 5.41) is 0. The van der Waals surface area contributed by atoms with Crippen molar-refractivity contribution in [2.24, 2.45) is 0 Å². The first-order chi connectivity index (χ1) is 12.7. The SMILES string of the molecule is C=CCC(CC=C(C)C)(S(=O)(=O)c1ccccc1)S(=O)(=O)c1ccccc1. The first kappa shape index (κ1) is 21.1. The summed E-state index contributed by atoms with van der Waals surface area (Å²) in [6.07, 6.45) is 2.64. The van der Waals surface area contributed by atoms with Crippen LogP contribution in [0, 0.1) is 0 Å². The third-order valence-electron chi connectivity index (χ3n) is 4.36. The van der Waals surface area contributed by atoms with E-state index >= 15 is 0 Å². The number of sulfone groups is 2. The van der Waals surface area contributed by atoms with Gasteiger partial charge in [-0.2, -0.15) is 0 Å². The first-order valence-electron chi connectivity index (χ1n) is 8.53. The van der Waals surface area contributed by atoms with E-state index in [2.05, 4.69) is 6.58 Å². The highest BCUT2D eigenvalue weighted by molar-refractivity contribution is 8.10. The summed E-state index contributed by atoms with van der Waals surface area (Å²) in [6, 6.07) is 15.4. The number of hydrogen-bond acceptors (Lipinski definition) is 4. The Balaban J connectivity index is 2.86. The number of benzene rings is 2. The maximum atomic E-state index is 13.6. The van der Waals surface area contributed by atoms with E-state index in [-0.39, 0.29) is 22.6 Å². The van der Waals surface area contributed by atoms with Gasteiger partial charge in [-0.25, -0.2) is 16.8 Å². The molecule has 0 bridgehead atoms. The van der Waals surface area contributed by atoms with Crippen LogP contribution in [-0.4, -0.2) is 20.9 Å². The summed E-state index contributed by atoms with van der Waals surface area (Å²) >= 11 is 0. The Hall–Kier alpha value is -2.18. The van der Waals surface area contributed by atoms with Gasteiger partial charge in [-0.05, 0) is 44.5 Å². The lowest BCUT2D eigenvalue weighted by Gasteiger charge is -2.31. The fourth-order valence-corrected chi connectivity index (χ4v) is 7.78. The molecule has 0 fully saturated rings. The molecule has 0 saturated heterocycles. The molecule has 27 heavy (non-hydrogen) atoms. The highest BCUT2D eigenvalue weighted by atomic mass is 32.3. The molecule has 0 aliphatic carbocycles. The van der Waals surface area contributed by atoms with Crippen LogP contribution in [0.15, 0.2) is 94.8 Å². The van der Waals surface area contributed by atoms with E-state index < -0.39 is 23.8 Å². The summed E-state index contributed by atoms with van der Waals surface area (Å²) in [4.78, 5) is -0.0398. The molecule has 2 rings (SSSR count). The van der Waals surface area contributed by atoms with Crippen molar-refractivity contribution in [1.82, 2.24) is 0 Å². The van der Waals surface area contributed by atoms with Gasteiger partial charge in [0.25, 0.3) is 0 Å². The summed E-state index contributed by atoms with van der Waals surface area (Å²) in [6.45, 7) is 7.25. The molecule has 0 aliphatic rings. The molecule has 2 aromatic carbocycles. The Morgan fingerprint density at radius 2 is 1.22 bits per heavy atom. The minimum Gasteiger partial charge on any atom is -0.222 e. The molecule has 0 saturated carbocycles. The van der Waals surface area contributed by atoms with Crippen LogP contribution < -0.4 is 0 Å². The maximum Gasteiger partial charge on any atom is 0.199 e. The van der Waals surface area contributed by atoms with Crippen LogP contribution in [0.25, 0.3) is 0 Å². The predicted octanol–water partition coefficient (Wildman–Crippen LogP) is 4.56. The molecule has 0 aromatic heterocycles. The summed E-state index contributed by atoms with van der Waals surface area (Å²) in [7, 11) is -8.46. The molecule has 2 aromatic rings. The molecule has 0 radical (unpaired) electrons. The Bertz CT molecular complexity index is 947. The van der Waals surface area contributed by atoms with E-state index in [1.54, 1.807) is 42.5 Å². The third kappa shape index (κ3) is 3.92. The number of rotatable bonds is 8. The van der Waals surface area contributed by atoms with E-state index in [0.29, 0.717) is 0 Å². The third-order valence-corrected chi connectivity index (χ3v) is 10.1. The molecule has 0 heterocycles. The van der Waals surface area contributed by atoms with Gasteiger partial charge in [0.2, 0.25) is 0 Å². The van der Waals surface area contributed by atoms with Crippen LogP contribution in [0.5, 0.6) is 0 Å². The van der Waals surface area contributed by atoms with Crippen molar-refractivity contribution in [3.8, 4) is 0 Å². The molecule has 4 nitrogen and oxygen atoms in total. The van der Waals surface area contributed by atoms with Gasteiger partial charge in [0.15, 0.2) is 23.8 Å². The van der Waals surface area contributed by atoms with E-state index in [9.17, 15) is 16.8 Å². The summed E-state index contributed by atoms with van der Waals surface area (Å²) in [5.74, 6) is 0. The lowest BCUT2D eigenvalue weighted by Crippen LogP contribution is -2.46. The molecule has 0 spiro atoms. The average molecular weight is 405 g/mol. The van der Waals surface area contributed by atoms with Crippen LogP contribution in [-0.2, 0) is 19.7 Å². The largest absolute Gasteiger partial charge is 0.222 e. The van der Waals surface area contributed by atoms with Gasteiger partial charge >= 0.3 is 0 Å². The lowest BCUT2D eigenvalue weighted by atomic mass is 10.1. The van der Waals surface area contributed by atoms with Crippen molar-refractivity contribution in [1.29, 1.82) is 0 Å². The first-order valence-corrected chi connectivity index (χ1v) is 11.5. The fourth-order valence-electron chi connectivity index (χ4n) is 2.87. The average Bonchev–Trinajstić information content (AvgIpc) is 2.66. The molecule has 6 heteroatoms. The lowest BCUT2D eigenvalue weighted by molar-refractivity contribution is 0.537. The Morgan fingerprint density at radius 3 is 1.56 bits per heavy atom. The monoisotopic (exact) mass is 404 g/mol. The summed E-state index contributed by atoms with van der Waals surface area (Å²) in [5.41, 5.74) is 0.843. The summed E-state index contributed by atoms with van der Waals surface area (Å²) < 4.78 is 52.4. The van der Waals surface area contributed by atoms with Crippen LogP contribution in [0.1, 0.15) is 26.7 Å².